The molecular weight excluding hydrogens is 278 g/mol. The van der Waals surface area contributed by atoms with Gasteiger partial charge in [-0.25, -0.2) is 18.1 Å². The lowest BCUT2D eigenvalue weighted by molar-refractivity contribution is 0.397. The highest BCUT2D eigenvalue weighted by molar-refractivity contribution is 7.89. The molecule has 1 aromatic heterocycles. The maximum absolute atomic E-state index is 11.8. The summed E-state index contributed by atoms with van der Waals surface area (Å²) in [6.07, 6.45) is 2.18. The number of ether oxygens (including phenoxy) is 1. The smallest absolute Gasteiger partial charge is 0.213 e. The highest BCUT2D eigenvalue weighted by Gasteiger charge is 2.10. The van der Waals surface area contributed by atoms with Crippen LogP contribution in [-0.2, 0) is 16.6 Å². The van der Waals surface area contributed by atoms with Crippen LogP contribution in [0.25, 0.3) is 0 Å². The van der Waals surface area contributed by atoms with Crippen LogP contribution in [0.2, 0.25) is 0 Å². The SMILES string of the molecule is COc1cc(CNS(=O)(=O)CCCNC(C)C)ccn1. The highest BCUT2D eigenvalue weighted by Crippen LogP contribution is 2.08. The fourth-order valence-electron chi connectivity index (χ4n) is 1.59. The molecule has 2 N–H and O–H groups in total. The molecule has 0 unspecified atom stereocenters. The summed E-state index contributed by atoms with van der Waals surface area (Å²) in [6.45, 7) is 5.01. The molecule has 1 aromatic rings. The molecule has 0 aliphatic heterocycles. The molecule has 6 nitrogen and oxygen atoms in total. The van der Waals surface area contributed by atoms with Crippen molar-refractivity contribution >= 4 is 10.0 Å². The van der Waals surface area contributed by atoms with Gasteiger partial charge in [-0.3, -0.25) is 0 Å². The van der Waals surface area contributed by atoms with E-state index >= 15 is 0 Å². The van der Waals surface area contributed by atoms with Crippen molar-refractivity contribution in [2.24, 2.45) is 0 Å². The van der Waals surface area contributed by atoms with Gasteiger partial charge < -0.3 is 10.1 Å². The molecule has 114 valence electrons. The monoisotopic (exact) mass is 301 g/mol. The Morgan fingerprint density at radius 2 is 2.15 bits per heavy atom. The van der Waals surface area contributed by atoms with Gasteiger partial charge in [0.05, 0.1) is 12.9 Å². The van der Waals surface area contributed by atoms with Crippen LogP contribution in [0.1, 0.15) is 25.8 Å². The van der Waals surface area contributed by atoms with E-state index in [-0.39, 0.29) is 12.3 Å². The van der Waals surface area contributed by atoms with Crippen molar-refractivity contribution < 1.29 is 13.2 Å². The van der Waals surface area contributed by atoms with Crippen molar-refractivity contribution in [1.29, 1.82) is 0 Å². The normalized spacial score (nSPS) is 11.8. The zero-order chi connectivity index (χ0) is 15.0. The van der Waals surface area contributed by atoms with Crippen LogP contribution in [0.3, 0.4) is 0 Å². The molecular formula is C13H23N3O3S. The average Bonchev–Trinajstić information content (AvgIpc) is 2.42. The van der Waals surface area contributed by atoms with Crippen LogP contribution < -0.4 is 14.8 Å². The lowest BCUT2D eigenvalue weighted by Gasteiger charge is -2.09. The molecule has 0 saturated heterocycles. The van der Waals surface area contributed by atoms with Crippen LogP contribution in [0.5, 0.6) is 5.88 Å². The molecule has 0 aromatic carbocycles. The van der Waals surface area contributed by atoms with Gasteiger partial charge in [-0.1, -0.05) is 13.8 Å². The number of methoxy groups -OCH3 is 1. The predicted octanol–water partition coefficient (Wildman–Crippen LogP) is 0.898. The third-order valence-corrected chi connectivity index (χ3v) is 4.06. The molecule has 1 rings (SSSR count). The first kappa shape index (κ1) is 16.9. The van der Waals surface area contributed by atoms with Crippen LogP contribution >= 0.6 is 0 Å². The van der Waals surface area contributed by atoms with Crippen molar-refractivity contribution in [2.45, 2.75) is 32.9 Å². The number of rotatable bonds is 9. The lowest BCUT2D eigenvalue weighted by atomic mass is 10.3. The first-order chi connectivity index (χ1) is 9.43. The van der Waals surface area contributed by atoms with Gasteiger partial charge in [0, 0.05) is 24.8 Å². The van der Waals surface area contributed by atoms with E-state index in [4.69, 9.17) is 4.74 Å². The van der Waals surface area contributed by atoms with Gasteiger partial charge in [-0.15, -0.1) is 0 Å². The summed E-state index contributed by atoms with van der Waals surface area (Å²) >= 11 is 0. The molecule has 0 atom stereocenters. The number of hydrogen-bond acceptors (Lipinski definition) is 5. The number of sulfonamides is 1. The number of hydrogen-bond donors (Lipinski definition) is 2. The Hall–Kier alpha value is -1.18. The highest BCUT2D eigenvalue weighted by atomic mass is 32.2. The Balaban J connectivity index is 2.38. The average molecular weight is 301 g/mol. The molecule has 0 radical (unpaired) electrons. The second kappa shape index (κ2) is 8.18. The zero-order valence-electron chi connectivity index (χ0n) is 12.2. The van der Waals surface area contributed by atoms with Crippen LogP contribution in [0.15, 0.2) is 18.3 Å². The summed E-state index contributed by atoms with van der Waals surface area (Å²) in [5.74, 6) is 0.595. The molecule has 0 amide bonds. The largest absolute Gasteiger partial charge is 0.481 e. The van der Waals surface area contributed by atoms with E-state index in [9.17, 15) is 8.42 Å². The van der Waals surface area contributed by atoms with Gasteiger partial charge in [0.25, 0.3) is 0 Å². The Morgan fingerprint density at radius 3 is 2.80 bits per heavy atom. The van der Waals surface area contributed by atoms with Gasteiger partial charge in [0.15, 0.2) is 0 Å². The zero-order valence-corrected chi connectivity index (χ0v) is 13.0. The van der Waals surface area contributed by atoms with Crippen LogP contribution in [-0.4, -0.2) is 38.9 Å². The minimum absolute atomic E-state index is 0.120. The number of nitrogens with zero attached hydrogens (tertiary/aromatic N) is 1. The Kier molecular flexibility index (Phi) is 6.90. The maximum Gasteiger partial charge on any atom is 0.213 e. The topological polar surface area (TPSA) is 80.3 Å². The maximum atomic E-state index is 11.8. The van der Waals surface area contributed by atoms with Crippen molar-refractivity contribution in [2.75, 3.05) is 19.4 Å². The second-order valence-electron chi connectivity index (χ2n) is 4.81. The molecule has 7 heteroatoms. The van der Waals surface area contributed by atoms with E-state index < -0.39 is 10.0 Å². The van der Waals surface area contributed by atoms with Crippen LogP contribution in [0, 0.1) is 0 Å². The van der Waals surface area contributed by atoms with E-state index in [0.717, 1.165) is 5.56 Å². The lowest BCUT2D eigenvalue weighted by Crippen LogP contribution is -2.29. The van der Waals surface area contributed by atoms with Gasteiger partial charge in [-0.05, 0) is 24.6 Å². The van der Waals surface area contributed by atoms with Crippen LogP contribution in [0.4, 0.5) is 0 Å². The fraction of sp³-hybridized carbons (Fsp3) is 0.615. The quantitative estimate of drug-likeness (QED) is 0.662. The minimum Gasteiger partial charge on any atom is -0.481 e. The van der Waals surface area contributed by atoms with Crippen molar-refractivity contribution in [3.8, 4) is 5.88 Å². The Bertz CT molecular complexity index is 503. The molecule has 0 aliphatic carbocycles. The first-order valence-corrected chi connectivity index (χ1v) is 8.28. The third kappa shape index (κ3) is 6.83. The van der Waals surface area contributed by atoms with E-state index in [2.05, 4.69) is 15.0 Å². The van der Waals surface area contributed by atoms with E-state index in [1.807, 2.05) is 13.8 Å². The summed E-state index contributed by atoms with van der Waals surface area (Å²) in [5.41, 5.74) is 0.820. The van der Waals surface area contributed by atoms with Gasteiger partial charge >= 0.3 is 0 Å². The van der Waals surface area contributed by atoms with Gasteiger partial charge in [-0.2, -0.15) is 0 Å². The number of pyridine rings is 1. The Labute approximate surface area is 121 Å². The molecule has 0 saturated carbocycles. The summed E-state index contributed by atoms with van der Waals surface area (Å²) in [4.78, 5) is 3.97. The first-order valence-electron chi connectivity index (χ1n) is 6.62. The third-order valence-electron chi connectivity index (χ3n) is 2.65. The minimum atomic E-state index is -3.25. The molecule has 0 bridgehead atoms. The number of aromatic nitrogens is 1. The standard InChI is InChI=1S/C13H23N3O3S/c1-11(2)14-6-4-8-20(17,18)16-10-12-5-7-15-13(9-12)19-3/h5,7,9,11,14,16H,4,6,8,10H2,1-3H3. The summed E-state index contributed by atoms with van der Waals surface area (Å²) < 4.78 is 31.2. The summed E-state index contributed by atoms with van der Waals surface area (Å²) in [5, 5.41) is 3.19. The molecule has 0 spiro atoms. The van der Waals surface area contributed by atoms with Gasteiger partial charge in [0.1, 0.15) is 0 Å². The van der Waals surface area contributed by atoms with Crippen molar-refractivity contribution in [3.05, 3.63) is 23.9 Å². The predicted molar refractivity (Wildman–Crippen MR) is 79.2 cm³/mol. The molecule has 0 aliphatic rings. The van der Waals surface area contributed by atoms with E-state index in [1.165, 1.54) is 7.11 Å². The van der Waals surface area contributed by atoms with Crippen molar-refractivity contribution in [3.63, 3.8) is 0 Å². The van der Waals surface area contributed by atoms with E-state index in [1.54, 1.807) is 18.3 Å². The summed E-state index contributed by atoms with van der Waals surface area (Å²) in [7, 11) is -1.72. The summed E-state index contributed by atoms with van der Waals surface area (Å²) in [6, 6.07) is 3.84. The second-order valence-corrected chi connectivity index (χ2v) is 6.74. The molecule has 20 heavy (non-hydrogen) atoms. The fourth-order valence-corrected chi connectivity index (χ4v) is 2.65. The Morgan fingerprint density at radius 1 is 1.40 bits per heavy atom. The van der Waals surface area contributed by atoms with Gasteiger partial charge in [0.2, 0.25) is 15.9 Å². The van der Waals surface area contributed by atoms with E-state index in [0.29, 0.717) is 24.9 Å². The number of nitrogens with one attached hydrogen (secondary N) is 2. The molecule has 1 heterocycles. The van der Waals surface area contributed by atoms with Crippen molar-refractivity contribution in [1.82, 2.24) is 15.0 Å². The molecule has 0 fully saturated rings.